The molecule has 1 aliphatic heterocycles. The number of ether oxygens (including phenoxy) is 2. The first-order valence-electron chi connectivity index (χ1n) is 11.5. The van der Waals surface area contributed by atoms with Crippen LogP contribution in [0.5, 0.6) is 5.75 Å². The number of hydrogen-bond acceptors (Lipinski definition) is 5. The highest BCUT2D eigenvalue weighted by Gasteiger charge is 2.31. The first kappa shape index (κ1) is 26.3. The number of likely N-dealkylation sites (tertiary alicyclic amines) is 1. The summed E-state index contributed by atoms with van der Waals surface area (Å²) in [7, 11) is 0. The van der Waals surface area contributed by atoms with Crippen LogP contribution >= 0.6 is 11.6 Å². The second kappa shape index (κ2) is 11.4. The topological polar surface area (TPSA) is 105 Å². The maximum atomic E-state index is 13.1. The maximum Gasteiger partial charge on any atom is 0.408 e. The molecule has 188 valence electrons. The number of carboxylic acids is 1. The molecule has 0 saturated carbocycles. The number of nitrogens with one attached hydrogen (secondary N) is 1. The molecule has 1 atom stereocenters. The molecule has 0 aliphatic carbocycles. The molecule has 2 N–H and O–H groups in total. The van der Waals surface area contributed by atoms with E-state index in [2.05, 4.69) is 5.32 Å². The van der Waals surface area contributed by atoms with E-state index < -0.39 is 23.7 Å². The molecule has 1 unspecified atom stereocenters. The van der Waals surface area contributed by atoms with Gasteiger partial charge < -0.3 is 24.8 Å². The van der Waals surface area contributed by atoms with Crippen molar-refractivity contribution in [1.29, 1.82) is 0 Å². The van der Waals surface area contributed by atoms with Gasteiger partial charge in [-0.25, -0.2) is 4.79 Å². The van der Waals surface area contributed by atoms with E-state index in [0.717, 1.165) is 5.56 Å². The highest BCUT2D eigenvalue weighted by molar-refractivity contribution is 6.30. The fraction of sp³-hybridized carbons (Fsp3) is 0.423. The molecule has 35 heavy (non-hydrogen) atoms. The van der Waals surface area contributed by atoms with Crippen LogP contribution in [0.2, 0.25) is 5.02 Å². The second-order valence-corrected chi connectivity index (χ2v) is 9.97. The number of carboxylic acid groups (broad SMARTS) is 1. The van der Waals surface area contributed by atoms with Gasteiger partial charge in [-0.1, -0.05) is 29.8 Å². The number of aliphatic carboxylic acids is 1. The van der Waals surface area contributed by atoms with Crippen molar-refractivity contribution in [3.8, 4) is 5.75 Å². The van der Waals surface area contributed by atoms with Gasteiger partial charge in [-0.05, 0) is 69.0 Å². The lowest BCUT2D eigenvalue weighted by Crippen LogP contribution is -2.52. The van der Waals surface area contributed by atoms with Gasteiger partial charge in [0.05, 0.1) is 6.42 Å². The van der Waals surface area contributed by atoms with Crippen LogP contribution in [0.1, 0.15) is 50.3 Å². The minimum atomic E-state index is -0.943. The van der Waals surface area contributed by atoms with Gasteiger partial charge in [0.2, 0.25) is 5.91 Å². The van der Waals surface area contributed by atoms with E-state index in [-0.39, 0.29) is 18.9 Å². The Morgan fingerprint density at radius 3 is 2.49 bits per heavy atom. The molecule has 1 fully saturated rings. The van der Waals surface area contributed by atoms with E-state index in [9.17, 15) is 19.5 Å². The van der Waals surface area contributed by atoms with Crippen molar-refractivity contribution in [2.75, 3.05) is 6.54 Å². The normalized spacial score (nSPS) is 16.1. The number of halogens is 1. The summed E-state index contributed by atoms with van der Waals surface area (Å²) < 4.78 is 11.3. The third kappa shape index (κ3) is 8.17. The van der Waals surface area contributed by atoms with Crippen molar-refractivity contribution in [2.45, 2.75) is 64.8 Å². The van der Waals surface area contributed by atoms with Crippen molar-refractivity contribution in [3.63, 3.8) is 0 Å². The van der Waals surface area contributed by atoms with E-state index in [1.807, 2.05) is 12.1 Å². The molecule has 1 heterocycles. The predicted molar refractivity (Wildman–Crippen MR) is 131 cm³/mol. The SMILES string of the molecule is CC(C)(C)OC(=O)NC1CCCN(Cc2cc(CC(=O)O)ccc2OCc2ccc(Cl)cc2)C1=O. The highest BCUT2D eigenvalue weighted by Crippen LogP contribution is 2.26. The molecule has 2 amide bonds. The Kier molecular flexibility index (Phi) is 8.62. The summed E-state index contributed by atoms with van der Waals surface area (Å²) in [6.45, 7) is 6.32. The van der Waals surface area contributed by atoms with E-state index in [0.29, 0.717) is 47.9 Å². The first-order valence-corrected chi connectivity index (χ1v) is 11.9. The van der Waals surface area contributed by atoms with Crippen molar-refractivity contribution in [1.82, 2.24) is 10.2 Å². The molecule has 1 saturated heterocycles. The number of piperidine rings is 1. The molecule has 2 aromatic rings. The predicted octanol–water partition coefficient (Wildman–Crippen LogP) is 4.56. The lowest BCUT2D eigenvalue weighted by atomic mass is 10.0. The average molecular weight is 503 g/mol. The molecule has 1 aliphatic rings. The minimum Gasteiger partial charge on any atom is -0.489 e. The van der Waals surface area contributed by atoms with Crippen molar-refractivity contribution < 1.29 is 29.0 Å². The van der Waals surface area contributed by atoms with Crippen LogP contribution in [-0.2, 0) is 33.9 Å². The largest absolute Gasteiger partial charge is 0.489 e. The Morgan fingerprint density at radius 1 is 1.14 bits per heavy atom. The summed E-state index contributed by atoms with van der Waals surface area (Å²) in [5.41, 5.74) is 1.57. The molecule has 0 aromatic heterocycles. The Balaban J connectivity index is 1.75. The van der Waals surface area contributed by atoms with Crippen LogP contribution in [0.3, 0.4) is 0 Å². The molecule has 8 nitrogen and oxygen atoms in total. The second-order valence-electron chi connectivity index (χ2n) is 9.53. The smallest absolute Gasteiger partial charge is 0.408 e. The quantitative estimate of drug-likeness (QED) is 0.548. The van der Waals surface area contributed by atoms with E-state index >= 15 is 0 Å². The summed E-state index contributed by atoms with van der Waals surface area (Å²) in [6.07, 6.45) is 0.463. The molecule has 0 bridgehead atoms. The van der Waals surface area contributed by atoms with Crippen LogP contribution in [0.15, 0.2) is 42.5 Å². The maximum absolute atomic E-state index is 13.1. The van der Waals surface area contributed by atoms with E-state index in [1.54, 1.807) is 56.0 Å². The average Bonchev–Trinajstić information content (AvgIpc) is 2.75. The molecule has 9 heteroatoms. The first-order chi connectivity index (χ1) is 16.5. The van der Waals surface area contributed by atoms with Crippen LogP contribution in [0.25, 0.3) is 0 Å². The number of nitrogens with zero attached hydrogens (tertiary/aromatic N) is 1. The number of carbonyl (C=O) groups is 3. The summed E-state index contributed by atoms with van der Waals surface area (Å²) in [5.74, 6) is -0.597. The standard InChI is InChI=1S/C26H31ClN2O6/c1-26(2,3)35-25(33)28-21-5-4-12-29(24(21)32)15-19-13-18(14-23(30)31)8-11-22(19)34-16-17-6-9-20(27)10-7-17/h6-11,13,21H,4-5,12,14-16H2,1-3H3,(H,28,33)(H,30,31). The van der Waals surface area contributed by atoms with Gasteiger partial charge in [0.1, 0.15) is 24.0 Å². The number of carbonyl (C=O) groups excluding carboxylic acids is 2. The van der Waals surface area contributed by atoms with Gasteiger partial charge >= 0.3 is 12.1 Å². The third-order valence-electron chi connectivity index (χ3n) is 5.37. The Labute approximate surface area is 210 Å². The number of alkyl carbamates (subject to hydrolysis) is 1. The summed E-state index contributed by atoms with van der Waals surface area (Å²) in [5, 5.41) is 12.5. The summed E-state index contributed by atoms with van der Waals surface area (Å²) >= 11 is 5.95. The lowest BCUT2D eigenvalue weighted by molar-refractivity contribution is -0.137. The van der Waals surface area contributed by atoms with Gasteiger partial charge in [0.25, 0.3) is 0 Å². The number of amides is 2. The van der Waals surface area contributed by atoms with Crippen LogP contribution in [-0.4, -0.2) is 46.2 Å². The van der Waals surface area contributed by atoms with E-state index in [1.165, 1.54) is 0 Å². The minimum absolute atomic E-state index is 0.138. The van der Waals surface area contributed by atoms with Gasteiger partial charge in [-0.2, -0.15) is 0 Å². The van der Waals surface area contributed by atoms with Gasteiger partial charge in [0.15, 0.2) is 0 Å². The van der Waals surface area contributed by atoms with Crippen LogP contribution in [0.4, 0.5) is 4.79 Å². The molecular weight excluding hydrogens is 472 g/mol. The highest BCUT2D eigenvalue weighted by atomic mass is 35.5. The van der Waals surface area contributed by atoms with Crippen LogP contribution < -0.4 is 10.1 Å². The molecular formula is C26H31ClN2O6. The monoisotopic (exact) mass is 502 g/mol. The molecule has 3 rings (SSSR count). The van der Waals surface area contributed by atoms with Crippen molar-refractivity contribution in [2.24, 2.45) is 0 Å². The Morgan fingerprint density at radius 2 is 1.83 bits per heavy atom. The van der Waals surface area contributed by atoms with Gasteiger partial charge in [-0.3, -0.25) is 9.59 Å². The van der Waals surface area contributed by atoms with Gasteiger partial charge in [0, 0.05) is 23.7 Å². The molecule has 0 radical (unpaired) electrons. The number of benzene rings is 2. The number of hydrogen-bond donors (Lipinski definition) is 2. The molecule has 2 aromatic carbocycles. The fourth-order valence-corrected chi connectivity index (χ4v) is 3.94. The van der Waals surface area contributed by atoms with E-state index in [4.69, 9.17) is 21.1 Å². The lowest BCUT2D eigenvalue weighted by Gasteiger charge is -2.33. The molecule has 0 spiro atoms. The fourth-order valence-electron chi connectivity index (χ4n) is 3.81. The zero-order chi connectivity index (χ0) is 25.6. The van der Waals surface area contributed by atoms with Crippen LogP contribution in [0, 0.1) is 0 Å². The summed E-state index contributed by atoms with van der Waals surface area (Å²) in [4.78, 5) is 38.2. The van der Waals surface area contributed by atoms with Gasteiger partial charge in [-0.15, -0.1) is 0 Å². The Hall–Kier alpha value is -3.26. The zero-order valence-electron chi connectivity index (χ0n) is 20.2. The Bertz CT molecular complexity index is 1060. The summed E-state index contributed by atoms with van der Waals surface area (Å²) in [6, 6.07) is 11.8. The zero-order valence-corrected chi connectivity index (χ0v) is 20.9. The van der Waals surface area contributed by atoms with Crippen molar-refractivity contribution >= 4 is 29.6 Å². The third-order valence-corrected chi connectivity index (χ3v) is 5.62. The van der Waals surface area contributed by atoms with Crippen molar-refractivity contribution in [3.05, 3.63) is 64.2 Å². The number of rotatable bonds is 8.